The highest BCUT2D eigenvalue weighted by Gasteiger charge is 2.44. The van der Waals surface area contributed by atoms with Crippen LogP contribution in [0.2, 0.25) is 0 Å². The highest BCUT2D eigenvalue weighted by molar-refractivity contribution is 7.89. The summed E-state index contributed by atoms with van der Waals surface area (Å²) in [5.41, 5.74) is 0. The van der Waals surface area contributed by atoms with Gasteiger partial charge in [-0.3, -0.25) is 4.90 Å². The SMILES string of the molecule is O=S(=O)(NCC(N1CCNCC1)C(F)(F)F)c1ccccc1. The molecule has 9 heteroatoms. The first kappa shape index (κ1) is 17.2. The molecule has 1 aromatic rings. The number of rotatable bonds is 5. The molecule has 0 bridgehead atoms. The summed E-state index contributed by atoms with van der Waals surface area (Å²) in [4.78, 5) is 1.21. The van der Waals surface area contributed by atoms with Crippen LogP contribution >= 0.6 is 0 Å². The normalized spacial score (nSPS) is 19.0. The van der Waals surface area contributed by atoms with Gasteiger partial charge in [0.15, 0.2) is 0 Å². The molecule has 22 heavy (non-hydrogen) atoms. The average Bonchev–Trinajstić information content (AvgIpc) is 2.48. The van der Waals surface area contributed by atoms with E-state index in [1.165, 1.54) is 29.2 Å². The van der Waals surface area contributed by atoms with Crippen LogP contribution in [0, 0.1) is 0 Å². The highest BCUT2D eigenvalue weighted by atomic mass is 32.2. The average molecular weight is 337 g/mol. The summed E-state index contributed by atoms with van der Waals surface area (Å²) in [6, 6.07) is 5.54. The molecule has 1 fully saturated rings. The number of nitrogens with one attached hydrogen (secondary N) is 2. The molecule has 2 rings (SSSR count). The molecular weight excluding hydrogens is 319 g/mol. The third kappa shape index (κ3) is 4.42. The zero-order valence-electron chi connectivity index (χ0n) is 11.8. The number of hydrogen-bond donors (Lipinski definition) is 2. The number of halogens is 3. The molecule has 0 saturated carbocycles. The van der Waals surface area contributed by atoms with Crippen molar-refractivity contribution in [3.8, 4) is 0 Å². The molecule has 2 N–H and O–H groups in total. The van der Waals surface area contributed by atoms with Gasteiger partial charge in [0, 0.05) is 32.7 Å². The number of nitrogens with zero attached hydrogens (tertiary/aromatic N) is 1. The minimum atomic E-state index is -4.49. The molecule has 0 radical (unpaired) electrons. The van der Waals surface area contributed by atoms with Gasteiger partial charge in [0.25, 0.3) is 0 Å². The van der Waals surface area contributed by atoms with Gasteiger partial charge in [-0.05, 0) is 12.1 Å². The van der Waals surface area contributed by atoms with Crippen LogP contribution in [-0.2, 0) is 10.0 Å². The van der Waals surface area contributed by atoms with E-state index >= 15 is 0 Å². The van der Waals surface area contributed by atoms with Crippen molar-refractivity contribution in [2.45, 2.75) is 17.1 Å². The summed E-state index contributed by atoms with van der Waals surface area (Å²) >= 11 is 0. The Morgan fingerprint density at radius 3 is 2.32 bits per heavy atom. The maximum atomic E-state index is 13.2. The Morgan fingerprint density at radius 1 is 1.18 bits per heavy atom. The van der Waals surface area contributed by atoms with Crippen molar-refractivity contribution in [2.24, 2.45) is 0 Å². The first-order valence-corrected chi connectivity index (χ1v) is 8.35. The van der Waals surface area contributed by atoms with Crippen molar-refractivity contribution >= 4 is 10.0 Å². The summed E-state index contributed by atoms with van der Waals surface area (Å²) in [6.45, 7) is 0.686. The van der Waals surface area contributed by atoms with Gasteiger partial charge in [-0.1, -0.05) is 18.2 Å². The molecule has 124 valence electrons. The van der Waals surface area contributed by atoms with Crippen molar-refractivity contribution in [2.75, 3.05) is 32.7 Å². The Kier molecular flexibility index (Phi) is 5.43. The van der Waals surface area contributed by atoms with Crippen molar-refractivity contribution in [3.05, 3.63) is 30.3 Å². The van der Waals surface area contributed by atoms with E-state index in [9.17, 15) is 21.6 Å². The lowest BCUT2D eigenvalue weighted by Crippen LogP contribution is -2.57. The topological polar surface area (TPSA) is 61.4 Å². The van der Waals surface area contributed by atoms with Crippen LogP contribution < -0.4 is 10.0 Å². The Bertz CT molecular complexity index is 572. The van der Waals surface area contributed by atoms with Crippen LogP contribution in [0.15, 0.2) is 35.2 Å². The van der Waals surface area contributed by atoms with Gasteiger partial charge >= 0.3 is 6.18 Å². The largest absolute Gasteiger partial charge is 0.405 e. The molecule has 1 unspecified atom stereocenters. The second-order valence-corrected chi connectivity index (χ2v) is 6.78. The van der Waals surface area contributed by atoms with Crippen molar-refractivity contribution in [1.82, 2.24) is 14.9 Å². The lowest BCUT2D eigenvalue weighted by Gasteiger charge is -2.35. The molecule has 1 aliphatic heterocycles. The van der Waals surface area contributed by atoms with Gasteiger partial charge in [0.05, 0.1) is 4.90 Å². The van der Waals surface area contributed by atoms with Crippen molar-refractivity contribution in [3.63, 3.8) is 0 Å². The zero-order chi connectivity index (χ0) is 16.2. The predicted octanol–water partition coefficient (Wildman–Crippen LogP) is 0.801. The fraction of sp³-hybridized carbons (Fsp3) is 0.538. The molecule has 1 aliphatic rings. The van der Waals surface area contributed by atoms with Gasteiger partial charge in [-0.15, -0.1) is 0 Å². The molecule has 0 aromatic heterocycles. The second kappa shape index (κ2) is 6.95. The fourth-order valence-electron chi connectivity index (χ4n) is 2.32. The number of sulfonamides is 1. The highest BCUT2D eigenvalue weighted by Crippen LogP contribution is 2.25. The van der Waals surface area contributed by atoms with E-state index in [4.69, 9.17) is 0 Å². The smallest absolute Gasteiger partial charge is 0.314 e. The molecule has 0 aliphatic carbocycles. The molecule has 1 atom stereocenters. The monoisotopic (exact) mass is 337 g/mol. The van der Waals surface area contributed by atoms with Crippen LogP contribution in [0.5, 0.6) is 0 Å². The van der Waals surface area contributed by atoms with E-state index in [2.05, 4.69) is 10.0 Å². The first-order valence-electron chi connectivity index (χ1n) is 6.87. The van der Waals surface area contributed by atoms with Crippen LogP contribution in [0.4, 0.5) is 13.2 Å². The lowest BCUT2D eigenvalue weighted by molar-refractivity contribution is -0.182. The minimum Gasteiger partial charge on any atom is -0.314 e. The molecular formula is C13H18F3N3O2S. The van der Waals surface area contributed by atoms with Gasteiger partial charge in [-0.25, -0.2) is 13.1 Å². The number of benzene rings is 1. The predicted molar refractivity (Wildman–Crippen MR) is 75.9 cm³/mol. The summed E-state index contributed by atoms with van der Waals surface area (Å²) < 4.78 is 65.7. The maximum Gasteiger partial charge on any atom is 0.405 e. The van der Waals surface area contributed by atoms with Gasteiger partial charge in [0.2, 0.25) is 10.0 Å². The summed E-state index contributed by atoms with van der Waals surface area (Å²) in [7, 11) is -3.95. The summed E-state index contributed by atoms with van der Waals surface area (Å²) in [6.07, 6.45) is -4.49. The Balaban J connectivity index is 2.08. The zero-order valence-corrected chi connectivity index (χ0v) is 12.6. The van der Waals surface area contributed by atoms with Crippen molar-refractivity contribution in [1.29, 1.82) is 0 Å². The van der Waals surface area contributed by atoms with Crippen LogP contribution in [-0.4, -0.2) is 58.3 Å². The van der Waals surface area contributed by atoms with Crippen molar-refractivity contribution < 1.29 is 21.6 Å². The molecule has 5 nitrogen and oxygen atoms in total. The van der Waals surface area contributed by atoms with E-state index < -0.39 is 28.8 Å². The van der Waals surface area contributed by atoms with E-state index in [1.807, 2.05) is 0 Å². The van der Waals surface area contributed by atoms with E-state index in [1.54, 1.807) is 6.07 Å². The fourth-order valence-corrected chi connectivity index (χ4v) is 3.38. The third-order valence-corrected chi connectivity index (χ3v) is 4.93. The molecule has 0 amide bonds. The van der Waals surface area contributed by atoms with Gasteiger partial charge in [-0.2, -0.15) is 13.2 Å². The van der Waals surface area contributed by atoms with Gasteiger partial charge < -0.3 is 5.32 Å². The molecule has 1 aromatic carbocycles. The van der Waals surface area contributed by atoms with E-state index in [0.29, 0.717) is 13.1 Å². The number of alkyl halides is 3. The van der Waals surface area contributed by atoms with Crippen LogP contribution in [0.3, 0.4) is 0 Å². The lowest BCUT2D eigenvalue weighted by atomic mass is 10.2. The number of hydrogen-bond acceptors (Lipinski definition) is 4. The number of piperazine rings is 1. The molecule has 1 saturated heterocycles. The molecule has 1 heterocycles. The second-order valence-electron chi connectivity index (χ2n) is 5.01. The van der Waals surface area contributed by atoms with E-state index in [-0.39, 0.29) is 18.0 Å². The first-order chi connectivity index (χ1) is 10.3. The Morgan fingerprint density at radius 2 is 1.77 bits per heavy atom. The Hall–Kier alpha value is -1.16. The third-order valence-electron chi connectivity index (χ3n) is 3.49. The van der Waals surface area contributed by atoms with Crippen LogP contribution in [0.25, 0.3) is 0 Å². The van der Waals surface area contributed by atoms with Crippen LogP contribution in [0.1, 0.15) is 0 Å². The summed E-state index contributed by atoms with van der Waals surface area (Å²) in [5.74, 6) is 0. The standard InChI is InChI=1S/C13H18F3N3O2S/c14-13(15,16)12(19-8-6-17-7-9-19)10-18-22(20,21)11-4-2-1-3-5-11/h1-5,12,17-18H,6-10H2. The molecule has 0 spiro atoms. The Labute approximate surface area is 127 Å². The van der Waals surface area contributed by atoms with E-state index in [0.717, 1.165) is 0 Å². The quantitative estimate of drug-likeness (QED) is 0.834. The minimum absolute atomic E-state index is 0.0452. The van der Waals surface area contributed by atoms with Gasteiger partial charge in [0.1, 0.15) is 6.04 Å². The summed E-state index contributed by atoms with van der Waals surface area (Å²) in [5, 5.41) is 2.97. The maximum absolute atomic E-state index is 13.2.